The van der Waals surface area contributed by atoms with E-state index in [-0.39, 0.29) is 24.8 Å². The Balaban J connectivity index is 2.20. The number of nitrogens with one attached hydrogen (secondary N) is 2. The number of carbonyl (C=O) groups is 3. The van der Waals surface area contributed by atoms with Gasteiger partial charge in [0.2, 0.25) is 5.91 Å². The van der Waals surface area contributed by atoms with Crippen LogP contribution >= 0.6 is 0 Å². The van der Waals surface area contributed by atoms with Crippen molar-refractivity contribution in [3.05, 3.63) is 0 Å². The number of carboxylic acid groups (broad SMARTS) is 1. The summed E-state index contributed by atoms with van der Waals surface area (Å²) in [5.41, 5.74) is 0. The van der Waals surface area contributed by atoms with Gasteiger partial charge in [-0.1, -0.05) is 6.92 Å². The molecule has 7 heteroatoms. The predicted molar refractivity (Wildman–Crippen MR) is 77.8 cm³/mol. The summed E-state index contributed by atoms with van der Waals surface area (Å²) < 4.78 is 0. The Morgan fingerprint density at radius 1 is 1.24 bits per heavy atom. The van der Waals surface area contributed by atoms with Crippen LogP contribution in [-0.2, 0) is 9.59 Å². The van der Waals surface area contributed by atoms with Crippen LogP contribution in [0.1, 0.15) is 39.0 Å². The predicted octanol–water partition coefficient (Wildman–Crippen LogP) is 0.797. The fourth-order valence-electron chi connectivity index (χ4n) is 2.52. The first kappa shape index (κ1) is 17.4. The van der Waals surface area contributed by atoms with Crippen LogP contribution in [0.5, 0.6) is 0 Å². The number of hydrogen-bond donors (Lipinski definition) is 3. The normalized spacial score (nSPS) is 22.6. The first-order chi connectivity index (χ1) is 9.88. The highest BCUT2D eigenvalue weighted by molar-refractivity contribution is 5.94. The fraction of sp³-hybridized carbons (Fsp3) is 0.786. The Labute approximate surface area is 125 Å². The average Bonchev–Trinajstić information content (AvgIpc) is 2.38. The van der Waals surface area contributed by atoms with Crippen molar-refractivity contribution in [3.8, 4) is 0 Å². The van der Waals surface area contributed by atoms with Crippen LogP contribution in [0.2, 0.25) is 0 Å². The maximum Gasteiger partial charge on any atom is 0.321 e. The number of carbonyl (C=O) groups excluding carboxylic acids is 2. The molecular formula is C14H25N3O4. The standard InChI is InChI=1S/C14H25N3O4/c1-10-9-17(2)8-7-11(10)15-14(21)16-12(18)5-3-4-6-13(19)20/h10-11H,3-9H2,1-2H3,(H,19,20)(H2,15,16,18,21). The number of aliphatic carboxylic acids is 1. The van der Waals surface area contributed by atoms with E-state index in [0.717, 1.165) is 19.5 Å². The van der Waals surface area contributed by atoms with Crippen molar-refractivity contribution >= 4 is 17.9 Å². The minimum Gasteiger partial charge on any atom is -0.481 e. The molecule has 0 radical (unpaired) electrons. The molecule has 1 fully saturated rings. The molecule has 0 bridgehead atoms. The highest BCUT2D eigenvalue weighted by Gasteiger charge is 2.25. The van der Waals surface area contributed by atoms with E-state index in [1.165, 1.54) is 0 Å². The van der Waals surface area contributed by atoms with Crippen molar-refractivity contribution < 1.29 is 19.5 Å². The number of amides is 3. The van der Waals surface area contributed by atoms with E-state index in [1.807, 2.05) is 7.05 Å². The molecule has 2 unspecified atom stereocenters. The lowest BCUT2D eigenvalue weighted by Crippen LogP contribution is -2.52. The average molecular weight is 299 g/mol. The van der Waals surface area contributed by atoms with Crippen LogP contribution in [-0.4, -0.2) is 54.1 Å². The van der Waals surface area contributed by atoms with Gasteiger partial charge in [0.05, 0.1) is 0 Å². The molecule has 0 aromatic rings. The van der Waals surface area contributed by atoms with Gasteiger partial charge in [0, 0.05) is 25.4 Å². The molecule has 120 valence electrons. The second kappa shape index (κ2) is 8.61. The maximum atomic E-state index is 11.7. The van der Waals surface area contributed by atoms with Crippen molar-refractivity contribution in [2.75, 3.05) is 20.1 Å². The van der Waals surface area contributed by atoms with Gasteiger partial charge in [-0.2, -0.15) is 0 Å². The van der Waals surface area contributed by atoms with Crippen LogP contribution in [0.4, 0.5) is 4.79 Å². The number of piperidine rings is 1. The van der Waals surface area contributed by atoms with Gasteiger partial charge in [0.25, 0.3) is 0 Å². The summed E-state index contributed by atoms with van der Waals surface area (Å²) in [7, 11) is 2.05. The number of nitrogens with zero attached hydrogens (tertiary/aromatic N) is 1. The molecule has 0 aromatic heterocycles. The van der Waals surface area contributed by atoms with Gasteiger partial charge in [-0.15, -0.1) is 0 Å². The van der Waals surface area contributed by atoms with Crippen molar-refractivity contribution in [3.63, 3.8) is 0 Å². The molecule has 2 atom stereocenters. The van der Waals surface area contributed by atoms with Gasteiger partial charge < -0.3 is 15.3 Å². The van der Waals surface area contributed by atoms with Crippen LogP contribution in [0.25, 0.3) is 0 Å². The number of carboxylic acids is 1. The van der Waals surface area contributed by atoms with E-state index in [2.05, 4.69) is 22.5 Å². The zero-order valence-corrected chi connectivity index (χ0v) is 12.7. The van der Waals surface area contributed by atoms with Gasteiger partial charge in [-0.05, 0) is 38.8 Å². The maximum absolute atomic E-state index is 11.7. The fourth-order valence-corrected chi connectivity index (χ4v) is 2.52. The summed E-state index contributed by atoms with van der Waals surface area (Å²) in [5.74, 6) is -0.886. The van der Waals surface area contributed by atoms with Crippen LogP contribution < -0.4 is 10.6 Å². The van der Waals surface area contributed by atoms with Crippen LogP contribution in [0.15, 0.2) is 0 Å². The zero-order valence-electron chi connectivity index (χ0n) is 12.7. The highest BCUT2D eigenvalue weighted by Crippen LogP contribution is 2.15. The van der Waals surface area contributed by atoms with Crippen LogP contribution in [0.3, 0.4) is 0 Å². The summed E-state index contributed by atoms with van der Waals surface area (Å²) in [6.45, 7) is 3.93. The van der Waals surface area contributed by atoms with E-state index in [9.17, 15) is 14.4 Å². The highest BCUT2D eigenvalue weighted by atomic mass is 16.4. The first-order valence-corrected chi connectivity index (χ1v) is 7.39. The molecule has 1 aliphatic rings. The molecule has 0 spiro atoms. The third kappa shape index (κ3) is 7.08. The van der Waals surface area contributed by atoms with Gasteiger partial charge in [0.15, 0.2) is 0 Å². The van der Waals surface area contributed by atoms with Gasteiger partial charge >= 0.3 is 12.0 Å². The summed E-state index contributed by atoms with van der Waals surface area (Å²) in [6.07, 6.45) is 2.00. The largest absolute Gasteiger partial charge is 0.481 e. The zero-order chi connectivity index (χ0) is 15.8. The lowest BCUT2D eigenvalue weighted by atomic mass is 9.94. The smallest absolute Gasteiger partial charge is 0.321 e. The van der Waals surface area contributed by atoms with Gasteiger partial charge in [-0.25, -0.2) is 4.79 Å². The monoisotopic (exact) mass is 299 g/mol. The third-order valence-corrected chi connectivity index (χ3v) is 3.72. The number of likely N-dealkylation sites (tertiary alicyclic amines) is 1. The molecule has 1 heterocycles. The topological polar surface area (TPSA) is 98.7 Å². The number of unbranched alkanes of at least 4 members (excludes halogenated alkanes) is 1. The van der Waals surface area contributed by atoms with E-state index >= 15 is 0 Å². The molecule has 3 N–H and O–H groups in total. The number of imide groups is 1. The Morgan fingerprint density at radius 2 is 1.90 bits per heavy atom. The van der Waals surface area contributed by atoms with Crippen molar-refractivity contribution in [1.82, 2.24) is 15.5 Å². The lowest BCUT2D eigenvalue weighted by molar-refractivity contribution is -0.137. The van der Waals surface area contributed by atoms with E-state index in [1.54, 1.807) is 0 Å². The summed E-state index contributed by atoms with van der Waals surface area (Å²) in [5, 5.41) is 13.6. The van der Waals surface area contributed by atoms with Gasteiger partial charge in [0.1, 0.15) is 0 Å². The number of rotatable bonds is 6. The number of hydrogen-bond acceptors (Lipinski definition) is 4. The Morgan fingerprint density at radius 3 is 2.52 bits per heavy atom. The SMILES string of the molecule is CC1CN(C)CCC1NC(=O)NC(=O)CCCCC(=O)O. The summed E-state index contributed by atoms with van der Waals surface area (Å²) >= 11 is 0. The molecule has 1 aliphatic heterocycles. The first-order valence-electron chi connectivity index (χ1n) is 7.39. The molecule has 0 aliphatic carbocycles. The molecule has 7 nitrogen and oxygen atoms in total. The van der Waals surface area contributed by atoms with Crippen molar-refractivity contribution in [2.45, 2.75) is 45.1 Å². The van der Waals surface area contributed by atoms with Gasteiger partial charge in [-0.3, -0.25) is 14.9 Å². The van der Waals surface area contributed by atoms with Crippen molar-refractivity contribution in [1.29, 1.82) is 0 Å². The molecule has 1 rings (SSSR count). The quantitative estimate of drug-likeness (QED) is 0.630. The molecule has 1 saturated heterocycles. The molecule has 0 aromatic carbocycles. The summed E-state index contributed by atoms with van der Waals surface area (Å²) in [6, 6.07) is -0.374. The molecule has 21 heavy (non-hydrogen) atoms. The molecule has 0 saturated carbocycles. The molecular weight excluding hydrogens is 274 g/mol. The minimum atomic E-state index is -0.871. The number of urea groups is 1. The second-order valence-corrected chi connectivity index (χ2v) is 5.76. The Kier molecular flexibility index (Phi) is 7.14. The third-order valence-electron chi connectivity index (χ3n) is 3.72. The second-order valence-electron chi connectivity index (χ2n) is 5.76. The minimum absolute atomic E-state index is 0.0482. The molecule has 3 amide bonds. The summed E-state index contributed by atoms with van der Waals surface area (Å²) in [4.78, 5) is 35.8. The van der Waals surface area contributed by atoms with E-state index in [4.69, 9.17) is 5.11 Å². The van der Waals surface area contributed by atoms with Crippen LogP contribution in [0, 0.1) is 5.92 Å². The lowest BCUT2D eigenvalue weighted by Gasteiger charge is -2.35. The Hall–Kier alpha value is -1.63. The van der Waals surface area contributed by atoms with E-state index < -0.39 is 12.0 Å². The van der Waals surface area contributed by atoms with E-state index in [0.29, 0.717) is 18.8 Å². The Bertz CT molecular complexity index is 386. The van der Waals surface area contributed by atoms with Crippen molar-refractivity contribution in [2.24, 2.45) is 5.92 Å².